The number of nitrogens with zero attached hydrogens (tertiary/aromatic N) is 4. The number of rotatable bonds is 4. The van der Waals surface area contributed by atoms with Crippen LogP contribution in [0.5, 0.6) is 0 Å². The molecule has 1 N–H and O–H groups in total. The molecule has 0 unspecified atom stereocenters. The average molecular weight is 402 g/mol. The Morgan fingerprint density at radius 2 is 1.79 bits per heavy atom. The number of pyridine rings is 1. The SMILES string of the molecule is Clc1nccc2c1CCN(c1nc(NCc3ccccc3)c3ccccc3n1)C2. The van der Waals surface area contributed by atoms with Gasteiger partial charge in [-0.05, 0) is 41.3 Å². The van der Waals surface area contributed by atoms with Crippen molar-refractivity contribution in [2.75, 3.05) is 16.8 Å². The summed E-state index contributed by atoms with van der Waals surface area (Å²) in [6.45, 7) is 2.26. The van der Waals surface area contributed by atoms with E-state index in [4.69, 9.17) is 21.6 Å². The van der Waals surface area contributed by atoms with Crippen LogP contribution < -0.4 is 10.2 Å². The predicted octanol–water partition coefficient (Wildman–Crippen LogP) is 4.85. The molecule has 0 saturated heterocycles. The molecule has 0 aliphatic carbocycles. The Hall–Kier alpha value is -3.18. The van der Waals surface area contributed by atoms with Gasteiger partial charge in [0.05, 0.1) is 5.52 Å². The Morgan fingerprint density at radius 1 is 0.966 bits per heavy atom. The number of nitrogens with one attached hydrogen (secondary N) is 1. The molecular formula is C23H20ClN5. The molecule has 144 valence electrons. The molecule has 0 bridgehead atoms. The number of halogens is 1. The van der Waals surface area contributed by atoms with Gasteiger partial charge in [-0.1, -0.05) is 54.1 Å². The van der Waals surface area contributed by atoms with Gasteiger partial charge in [0.2, 0.25) is 5.95 Å². The van der Waals surface area contributed by atoms with Gasteiger partial charge in [0.25, 0.3) is 0 Å². The first kappa shape index (κ1) is 17.9. The van der Waals surface area contributed by atoms with Gasteiger partial charge in [0, 0.05) is 31.2 Å². The molecule has 1 aliphatic rings. The van der Waals surface area contributed by atoms with Crippen LogP contribution in [0.15, 0.2) is 66.9 Å². The molecule has 2 aromatic heterocycles. The van der Waals surface area contributed by atoms with Crippen molar-refractivity contribution < 1.29 is 0 Å². The van der Waals surface area contributed by atoms with Gasteiger partial charge < -0.3 is 10.2 Å². The van der Waals surface area contributed by atoms with Crippen molar-refractivity contribution in [2.24, 2.45) is 0 Å². The number of para-hydroxylation sites is 1. The Kier molecular flexibility index (Phi) is 4.74. The molecule has 0 saturated carbocycles. The fraction of sp³-hybridized carbons (Fsp3) is 0.174. The van der Waals surface area contributed by atoms with E-state index >= 15 is 0 Å². The van der Waals surface area contributed by atoms with E-state index < -0.39 is 0 Å². The zero-order valence-electron chi connectivity index (χ0n) is 15.8. The lowest BCUT2D eigenvalue weighted by molar-refractivity contribution is 0.707. The van der Waals surface area contributed by atoms with Crippen LogP contribution in [0.1, 0.15) is 16.7 Å². The fourth-order valence-corrected chi connectivity index (χ4v) is 4.01. The highest BCUT2D eigenvalue weighted by molar-refractivity contribution is 6.30. The minimum Gasteiger partial charge on any atom is -0.365 e. The van der Waals surface area contributed by atoms with Crippen LogP contribution in [0, 0.1) is 0 Å². The van der Waals surface area contributed by atoms with Gasteiger partial charge in [-0.3, -0.25) is 0 Å². The number of aromatic nitrogens is 3. The minimum atomic E-state index is 0.604. The normalized spacial score (nSPS) is 13.3. The molecule has 2 aromatic carbocycles. The first-order valence-corrected chi connectivity index (χ1v) is 10.1. The summed E-state index contributed by atoms with van der Waals surface area (Å²) >= 11 is 6.27. The molecular weight excluding hydrogens is 382 g/mol. The highest BCUT2D eigenvalue weighted by Crippen LogP contribution is 2.29. The second-order valence-corrected chi connectivity index (χ2v) is 7.50. The maximum Gasteiger partial charge on any atom is 0.228 e. The third kappa shape index (κ3) is 3.61. The van der Waals surface area contributed by atoms with Crippen molar-refractivity contribution in [1.82, 2.24) is 15.0 Å². The van der Waals surface area contributed by atoms with Crippen LogP contribution in [0.2, 0.25) is 5.15 Å². The third-order valence-corrected chi connectivity index (χ3v) is 5.60. The number of hydrogen-bond donors (Lipinski definition) is 1. The number of benzene rings is 2. The summed E-state index contributed by atoms with van der Waals surface area (Å²) in [5, 5.41) is 5.13. The average Bonchev–Trinajstić information content (AvgIpc) is 2.78. The monoisotopic (exact) mass is 401 g/mol. The van der Waals surface area contributed by atoms with E-state index in [1.54, 1.807) is 6.20 Å². The first-order valence-electron chi connectivity index (χ1n) is 9.70. The quantitative estimate of drug-likeness (QED) is 0.495. The summed E-state index contributed by atoms with van der Waals surface area (Å²) in [4.78, 5) is 16.1. The van der Waals surface area contributed by atoms with E-state index in [-0.39, 0.29) is 0 Å². The summed E-state index contributed by atoms with van der Waals surface area (Å²) in [6, 6.07) is 20.5. The van der Waals surface area contributed by atoms with Gasteiger partial charge in [0.1, 0.15) is 11.0 Å². The zero-order chi connectivity index (χ0) is 19.6. The van der Waals surface area contributed by atoms with Crippen molar-refractivity contribution in [3.05, 3.63) is 88.7 Å². The molecule has 3 heterocycles. The van der Waals surface area contributed by atoms with Crippen molar-refractivity contribution in [1.29, 1.82) is 0 Å². The lowest BCUT2D eigenvalue weighted by Crippen LogP contribution is -2.32. The zero-order valence-corrected chi connectivity index (χ0v) is 16.6. The molecule has 5 rings (SSSR count). The summed E-state index contributed by atoms with van der Waals surface area (Å²) < 4.78 is 0. The van der Waals surface area contributed by atoms with Crippen LogP contribution in [-0.4, -0.2) is 21.5 Å². The Labute approximate surface area is 174 Å². The van der Waals surface area contributed by atoms with E-state index in [2.05, 4.69) is 33.4 Å². The van der Waals surface area contributed by atoms with Gasteiger partial charge in [-0.15, -0.1) is 0 Å². The molecule has 0 amide bonds. The Bertz CT molecular complexity index is 1160. The molecule has 4 aromatic rings. The molecule has 0 spiro atoms. The maximum absolute atomic E-state index is 6.27. The Morgan fingerprint density at radius 3 is 2.69 bits per heavy atom. The van der Waals surface area contributed by atoms with Crippen molar-refractivity contribution in [3.63, 3.8) is 0 Å². The van der Waals surface area contributed by atoms with Crippen molar-refractivity contribution >= 4 is 34.3 Å². The van der Waals surface area contributed by atoms with Crippen LogP contribution in [0.4, 0.5) is 11.8 Å². The number of hydrogen-bond acceptors (Lipinski definition) is 5. The molecule has 1 aliphatic heterocycles. The second-order valence-electron chi connectivity index (χ2n) is 7.14. The third-order valence-electron chi connectivity index (χ3n) is 5.27. The fourth-order valence-electron chi connectivity index (χ4n) is 3.74. The van der Waals surface area contributed by atoms with Crippen molar-refractivity contribution in [3.8, 4) is 0 Å². The molecule has 0 atom stereocenters. The highest BCUT2D eigenvalue weighted by atomic mass is 35.5. The second kappa shape index (κ2) is 7.68. The van der Waals surface area contributed by atoms with E-state index in [0.717, 1.165) is 47.7 Å². The summed E-state index contributed by atoms with van der Waals surface area (Å²) in [6.07, 6.45) is 2.60. The van der Waals surface area contributed by atoms with Gasteiger partial charge in [-0.2, -0.15) is 4.98 Å². The molecule has 0 radical (unpaired) electrons. The minimum absolute atomic E-state index is 0.604. The maximum atomic E-state index is 6.27. The van der Waals surface area contributed by atoms with Crippen LogP contribution in [0.25, 0.3) is 10.9 Å². The largest absolute Gasteiger partial charge is 0.365 e. The predicted molar refractivity (Wildman–Crippen MR) is 117 cm³/mol. The highest BCUT2D eigenvalue weighted by Gasteiger charge is 2.22. The van der Waals surface area contributed by atoms with Crippen LogP contribution in [-0.2, 0) is 19.5 Å². The lowest BCUT2D eigenvalue weighted by atomic mass is 10.0. The molecule has 5 nitrogen and oxygen atoms in total. The van der Waals surface area contributed by atoms with E-state index in [9.17, 15) is 0 Å². The standard InChI is InChI=1S/C23H20ClN5/c24-21-18-11-13-29(15-17(18)10-12-25-21)23-27-20-9-5-4-8-19(20)22(28-23)26-14-16-6-2-1-3-7-16/h1-10,12H,11,13-15H2,(H,26,27,28). The number of anilines is 2. The molecule has 0 fully saturated rings. The van der Waals surface area contributed by atoms with Crippen LogP contribution >= 0.6 is 11.6 Å². The Balaban J connectivity index is 1.48. The van der Waals surface area contributed by atoms with Crippen molar-refractivity contribution in [2.45, 2.75) is 19.5 Å². The van der Waals surface area contributed by atoms with E-state index in [1.165, 1.54) is 11.1 Å². The topological polar surface area (TPSA) is 53.9 Å². The molecule has 6 heteroatoms. The van der Waals surface area contributed by atoms with Gasteiger partial charge >= 0.3 is 0 Å². The summed E-state index contributed by atoms with van der Waals surface area (Å²) in [5.41, 5.74) is 4.47. The van der Waals surface area contributed by atoms with Gasteiger partial charge in [-0.25, -0.2) is 9.97 Å². The molecule has 29 heavy (non-hydrogen) atoms. The van der Waals surface area contributed by atoms with Crippen LogP contribution in [0.3, 0.4) is 0 Å². The van der Waals surface area contributed by atoms with E-state index in [1.807, 2.05) is 42.5 Å². The lowest BCUT2D eigenvalue weighted by Gasteiger charge is -2.29. The number of fused-ring (bicyclic) bond motifs is 2. The smallest absolute Gasteiger partial charge is 0.228 e. The van der Waals surface area contributed by atoms with Gasteiger partial charge in [0.15, 0.2) is 0 Å². The summed E-state index contributed by atoms with van der Waals surface area (Å²) in [7, 11) is 0. The first-order chi connectivity index (χ1) is 14.3. The van der Waals surface area contributed by atoms with E-state index in [0.29, 0.717) is 11.7 Å². The summed E-state index contributed by atoms with van der Waals surface area (Å²) in [5.74, 6) is 1.59.